The van der Waals surface area contributed by atoms with Gasteiger partial charge in [0.25, 0.3) is 0 Å². The molecule has 1 saturated heterocycles. The van der Waals surface area contributed by atoms with Crippen LogP contribution in [0.1, 0.15) is 18.5 Å². The molecular weight excluding hydrogens is 247 g/mol. The van der Waals surface area contributed by atoms with Gasteiger partial charge in [0, 0.05) is 25.7 Å². The first-order chi connectivity index (χ1) is 7.24. The second-order valence-electron chi connectivity index (χ2n) is 3.96. The van der Waals surface area contributed by atoms with Gasteiger partial charge in [-0.3, -0.25) is 4.90 Å². The Kier molecular flexibility index (Phi) is 5.41. The number of aromatic nitrogens is 2. The van der Waals surface area contributed by atoms with E-state index in [2.05, 4.69) is 15.1 Å². The Labute approximate surface area is 107 Å². The van der Waals surface area contributed by atoms with Gasteiger partial charge in [0.2, 0.25) is 0 Å². The molecule has 0 atom stereocenters. The average Bonchev–Trinajstić information content (AvgIpc) is 2.25. The van der Waals surface area contributed by atoms with Crippen molar-refractivity contribution in [1.82, 2.24) is 15.1 Å². The number of nitrogens with zero attached hydrogens (tertiary/aromatic N) is 3. The van der Waals surface area contributed by atoms with E-state index < -0.39 is 0 Å². The molecule has 2 rings (SSSR count). The van der Waals surface area contributed by atoms with Crippen LogP contribution in [0.5, 0.6) is 0 Å². The maximum atomic E-state index is 5.84. The monoisotopic (exact) mass is 262 g/mol. The van der Waals surface area contributed by atoms with Crippen molar-refractivity contribution < 1.29 is 0 Å². The minimum Gasteiger partial charge on any atom is -0.328 e. The Bertz CT molecular complexity index is 309. The van der Waals surface area contributed by atoms with Crippen LogP contribution >= 0.6 is 24.0 Å². The molecule has 0 spiro atoms. The van der Waals surface area contributed by atoms with Crippen molar-refractivity contribution in [2.24, 2.45) is 5.73 Å². The van der Waals surface area contributed by atoms with Gasteiger partial charge in [-0.25, -0.2) is 0 Å². The van der Waals surface area contributed by atoms with Gasteiger partial charge in [0.15, 0.2) is 5.15 Å². The second-order valence-corrected chi connectivity index (χ2v) is 4.35. The third-order valence-corrected chi connectivity index (χ3v) is 2.91. The zero-order chi connectivity index (χ0) is 10.7. The number of hydrogen-bond donors (Lipinski definition) is 1. The van der Waals surface area contributed by atoms with Crippen molar-refractivity contribution in [2.45, 2.75) is 25.4 Å². The molecule has 0 aliphatic carbocycles. The standard InChI is InChI=1S/C10H15ClN4.ClH/c11-10-2-1-9(13-14-10)7-15-5-3-8(12)4-6-15;/h1-2,8H,3-7,12H2;1H. The lowest BCUT2D eigenvalue weighted by molar-refractivity contribution is 0.203. The van der Waals surface area contributed by atoms with E-state index in [4.69, 9.17) is 17.3 Å². The molecule has 0 unspecified atom stereocenters. The molecule has 2 heterocycles. The lowest BCUT2D eigenvalue weighted by Crippen LogP contribution is -2.39. The SMILES string of the molecule is Cl.NC1CCN(Cc2ccc(Cl)nn2)CC1. The number of piperidine rings is 1. The number of hydrogen-bond acceptors (Lipinski definition) is 4. The zero-order valence-electron chi connectivity index (χ0n) is 8.97. The van der Waals surface area contributed by atoms with E-state index in [0.29, 0.717) is 11.2 Å². The fourth-order valence-electron chi connectivity index (χ4n) is 1.77. The first-order valence-electron chi connectivity index (χ1n) is 5.20. The molecule has 0 amide bonds. The first kappa shape index (κ1) is 13.6. The minimum absolute atomic E-state index is 0. The molecule has 0 saturated carbocycles. The van der Waals surface area contributed by atoms with Crippen molar-refractivity contribution in [3.63, 3.8) is 0 Å². The average molecular weight is 263 g/mol. The van der Waals surface area contributed by atoms with Crippen LogP contribution in [0, 0.1) is 0 Å². The highest BCUT2D eigenvalue weighted by atomic mass is 35.5. The van der Waals surface area contributed by atoms with Crippen LogP contribution < -0.4 is 5.73 Å². The van der Waals surface area contributed by atoms with E-state index in [9.17, 15) is 0 Å². The van der Waals surface area contributed by atoms with Gasteiger partial charge in [-0.05, 0) is 25.0 Å². The fraction of sp³-hybridized carbons (Fsp3) is 0.600. The van der Waals surface area contributed by atoms with Crippen molar-refractivity contribution in [3.05, 3.63) is 23.0 Å². The van der Waals surface area contributed by atoms with Crippen LogP contribution in [-0.2, 0) is 6.54 Å². The molecule has 1 aliphatic heterocycles. The van der Waals surface area contributed by atoms with E-state index in [0.717, 1.165) is 38.2 Å². The molecule has 16 heavy (non-hydrogen) atoms. The summed E-state index contributed by atoms with van der Waals surface area (Å²) in [5.41, 5.74) is 6.81. The van der Waals surface area contributed by atoms with E-state index in [1.165, 1.54) is 0 Å². The molecule has 1 aromatic rings. The highest BCUT2D eigenvalue weighted by Crippen LogP contribution is 2.11. The van der Waals surface area contributed by atoms with E-state index in [1.807, 2.05) is 6.07 Å². The third-order valence-electron chi connectivity index (χ3n) is 2.71. The molecule has 90 valence electrons. The fourth-order valence-corrected chi connectivity index (χ4v) is 1.87. The molecule has 6 heteroatoms. The number of likely N-dealkylation sites (tertiary alicyclic amines) is 1. The van der Waals surface area contributed by atoms with E-state index >= 15 is 0 Å². The predicted octanol–water partition coefficient (Wildman–Crippen LogP) is 1.47. The Hall–Kier alpha value is -0.420. The van der Waals surface area contributed by atoms with Gasteiger partial charge in [-0.1, -0.05) is 11.6 Å². The maximum absolute atomic E-state index is 5.84. The Morgan fingerprint density at radius 1 is 1.31 bits per heavy atom. The summed E-state index contributed by atoms with van der Waals surface area (Å²) in [4.78, 5) is 2.35. The van der Waals surface area contributed by atoms with Crippen molar-refractivity contribution in [1.29, 1.82) is 0 Å². The van der Waals surface area contributed by atoms with Crippen LogP contribution in [0.2, 0.25) is 5.15 Å². The summed E-state index contributed by atoms with van der Waals surface area (Å²) < 4.78 is 0. The molecule has 4 nitrogen and oxygen atoms in total. The lowest BCUT2D eigenvalue weighted by atomic mass is 10.1. The normalized spacial score (nSPS) is 18.1. The molecule has 2 N–H and O–H groups in total. The molecule has 0 aromatic carbocycles. The smallest absolute Gasteiger partial charge is 0.151 e. The summed E-state index contributed by atoms with van der Waals surface area (Å²) in [6, 6.07) is 4.07. The van der Waals surface area contributed by atoms with Crippen LogP contribution in [-0.4, -0.2) is 34.2 Å². The van der Waals surface area contributed by atoms with Gasteiger partial charge in [0.05, 0.1) is 5.69 Å². The molecular formula is C10H16Cl2N4. The summed E-state index contributed by atoms with van der Waals surface area (Å²) in [7, 11) is 0. The van der Waals surface area contributed by atoms with E-state index in [1.54, 1.807) is 6.07 Å². The first-order valence-corrected chi connectivity index (χ1v) is 5.58. The predicted molar refractivity (Wildman–Crippen MR) is 66.8 cm³/mol. The minimum atomic E-state index is 0. The third kappa shape index (κ3) is 3.87. The Balaban J connectivity index is 0.00000128. The van der Waals surface area contributed by atoms with Gasteiger partial charge >= 0.3 is 0 Å². The van der Waals surface area contributed by atoms with Crippen molar-refractivity contribution in [3.8, 4) is 0 Å². The summed E-state index contributed by atoms with van der Waals surface area (Å²) in [5.74, 6) is 0. The quantitative estimate of drug-likeness (QED) is 0.878. The summed E-state index contributed by atoms with van der Waals surface area (Å²) in [5, 5.41) is 8.30. The largest absolute Gasteiger partial charge is 0.328 e. The molecule has 0 radical (unpaired) electrons. The molecule has 1 aromatic heterocycles. The maximum Gasteiger partial charge on any atom is 0.151 e. The van der Waals surface area contributed by atoms with Gasteiger partial charge in [0.1, 0.15) is 0 Å². The zero-order valence-corrected chi connectivity index (χ0v) is 10.5. The lowest BCUT2D eigenvalue weighted by Gasteiger charge is -2.29. The summed E-state index contributed by atoms with van der Waals surface area (Å²) in [6.07, 6.45) is 2.14. The van der Waals surface area contributed by atoms with Crippen LogP contribution in [0.15, 0.2) is 12.1 Å². The van der Waals surface area contributed by atoms with Gasteiger partial charge < -0.3 is 5.73 Å². The molecule has 1 fully saturated rings. The highest BCUT2D eigenvalue weighted by molar-refractivity contribution is 6.29. The Morgan fingerprint density at radius 3 is 2.56 bits per heavy atom. The van der Waals surface area contributed by atoms with E-state index in [-0.39, 0.29) is 12.4 Å². The van der Waals surface area contributed by atoms with Gasteiger partial charge in [-0.15, -0.1) is 17.5 Å². The summed E-state index contributed by atoms with van der Waals surface area (Å²) in [6.45, 7) is 2.94. The second kappa shape index (κ2) is 6.35. The van der Waals surface area contributed by atoms with Crippen molar-refractivity contribution in [2.75, 3.05) is 13.1 Å². The van der Waals surface area contributed by atoms with Gasteiger partial charge in [-0.2, -0.15) is 5.10 Å². The molecule has 1 aliphatic rings. The van der Waals surface area contributed by atoms with Crippen LogP contribution in [0.4, 0.5) is 0 Å². The number of halogens is 2. The topological polar surface area (TPSA) is 55.0 Å². The van der Waals surface area contributed by atoms with Crippen LogP contribution in [0.3, 0.4) is 0 Å². The van der Waals surface area contributed by atoms with Crippen molar-refractivity contribution >= 4 is 24.0 Å². The van der Waals surface area contributed by atoms with Crippen LogP contribution in [0.25, 0.3) is 0 Å². The highest BCUT2D eigenvalue weighted by Gasteiger charge is 2.16. The molecule has 0 bridgehead atoms. The number of nitrogens with two attached hydrogens (primary N) is 1. The summed E-state index contributed by atoms with van der Waals surface area (Å²) >= 11 is 5.67. The number of rotatable bonds is 2. The Morgan fingerprint density at radius 2 is 2.00 bits per heavy atom.